The summed E-state index contributed by atoms with van der Waals surface area (Å²) < 4.78 is 0. The topological polar surface area (TPSA) is 24.4 Å². The van der Waals surface area contributed by atoms with Gasteiger partial charge in [-0.05, 0) is 0 Å². The minimum atomic E-state index is 0.958. The highest BCUT2D eigenvalue weighted by Crippen LogP contribution is 1.70. The fraction of sp³-hybridized carbons (Fsp3) is 0.875. The third kappa shape index (κ3) is 10.6. The molecule has 0 aromatic carbocycles. The molecule has 1 rings (SSSR count). The van der Waals surface area contributed by atoms with E-state index >= 15 is 0 Å². The lowest BCUT2D eigenvalue weighted by molar-refractivity contribution is 0.746. The first-order valence-electron chi connectivity index (χ1n) is 4.19. The first-order chi connectivity index (χ1) is 5.00. The maximum Gasteiger partial charge on any atom is 0.0511 e. The molecule has 0 fully saturated rings. The van der Waals surface area contributed by atoms with Gasteiger partial charge in [0.2, 0.25) is 0 Å². The van der Waals surface area contributed by atoms with E-state index in [1.807, 2.05) is 33.9 Å². The lowest BCUT2D eigenvalue weighted by Crippen LogP contribution is -2.23. The van der Waals surface area contributed by atoms with Gasteiger partial charge in [-0.1, -0.05) is 27.7 Å². The third-order valence-corrected chi connectivity index (χ3v) is 0.782. The lowest BCUT2D eigenvalue weighted by Gasteiger charge is -2.01. The summed E-state index contributed by atoms with van der Waals surface area (Å²) in [6.45, 7) is 11.0. The van der Waals surface area contributed by atoms with Crippen molar-refractivity contribution in [2.45, 2.75) is 27.7 Å². The number of hydrogen-bond acceptors (Lipinski definition) is 2. The molecule has 0 bridgehead atoms. The van der Waals surface area contributed by atoms with Crippen molar-refractivity contribution in [1.29, 1.82) is 0 Å². The predicted molar refractivity (Wildman–Crippen MR) is 48.9 cm³/mol. The Balaban J connectivity index is 0. The van der Waals surface area contributed by atoms with Crippen molar-refractivity contribution < 1.29 is 0 Å². The third-order valence-electron chi connectivity index (χ3n) is 0.782. The number of nitrogens with one attached hydrogen (secondary N) is 1. The predicted octanol–water partition coefficient (Wildman–Crippen LogP) is 1.71. The monoisotopic (exact) mass is 144 g/mol. The highest BCUT2D eigenvalue weighted by Gasteiger charge is 1.85. The van der Waals surface area contributed by atoms with Crippen LogP contribution in [0.15, 0.2) is 4.99 Å². The van der Waals surface area contributed by atoms with Crippen LogP contribution in [0.4, 0.5) is 0 Å². The van der Waals surface area contributed by atoms with Gasteiger partial charge < -0.3 is 5.32 Å². The van der Waals surface area contributed by atoms with E-state index in [2.05, 4.69) is 10.3 Å². The number of aliphatic imine (C=N–C) groups is 1. The molecule has 1 aliphatic rings. The van der Waals surface area contributed by atoms with Crippen LogP contribution in [0.5, 0.6) is 0 Å². The van der Waals surface area contributed by atoms with Crippen LogP contribution in [0.25, 0.3) is 0 Å². The Kier molecular flexibility index (Phi) is 19.5. The minimum Gasteiger partial charge on any atom is -0.310 e. The van der Waals surface area contributed by atoms with Crippen LogP contribution in [0, 0.1) is 0 Å². The van der Waals surface area contributed by atoms with Gasteiger partial charge in [-0.25, -0.2) is 0 Å². The normalized spacial score (nSPS) is 14.0. The Morgan fingerprint density at radius 1 is 1.20 bits per heavy atom. The fourth-order valence-electron chi connectivity index (χ4n) is 0.466. The summed E-state index contributed by atoms with van der Waals surface area (Å²) in [4.78, 5) is 3.99. The molecule has 0 saturated heterocycles. The Morgan fingerprint density at radius 2 is 1.80 bits per heavy atom. The van der Waals surface area contributed by atoms with Gasteiger partial charge in [0.15, 0.2) is 0 Å². The van der Waals surface area contributed by atoms with Crippen molar-refractivity contribution in [3.05, 3.63) is 0 Å². The molecule has 10 heavy (non-hydrogen) atoms. The molecule has 0 radical (unpaired) electrons. The zero-order chi connectivity index (χ0) is 8.24. The van der Waals surface area contributed by atoms with Crippen LogP contribution >= 0.6 is 0 Å². The second-order valence-electron chi connectivity index (χ2n) is 1.29. The molecule has 1 heterocycles. The molecule has 2 nitrogen and oxygen atoms in total. The summed E-state index contributed by atoms with van der Waals surface area (Å²) in [6, 6.07) is 0. The standard InChI is InChI=1S/C4H8N2.2C2H6/c1-2-6-4-3-5-1;2*1-2/h1,6H,2-4H2;2*1-2H3. The second kappa shape index (κ2) is 15.9. The SMILES string of the molecule is C1=NCCNC1.CC.CC. The molecule has 0 aromatic rings. The lowest BCUT2D eigenvalue weighted by atomic mass is 10.5. The highest BCUT2D eigenvalue weighted by molar-refractivity contribution is 5.60. The minimum absolute atomic E-state index is 0.958. The summed E-state index contributed by atoms with van der Waals surface area (Å²) in [6.07, 6.45) is 1.91. The zero-order valence-corrected chi connectivity index (χ0v) is 7.65. The van der Waals surface area contributed by atoms with Gasteiger partial charge in [0.1, 0.15) is 0 Å². The van der Waals surface area contributed by atoms with E-state index < -0.39 is 0 Å². The van der Waals surface area contributed by atoms with E-state index in [-0.39, 0.29) is 0 Å². The molecule has 0 saturated carbocycles. The van der Waals surface area contributed by atoms with E-state index in [0.717, 1.165) is 19.6 Å². The first kappa shape index (κ1) is 12.3. The maximum absolute atomic E-state index is 3.99. The van der Waals surface area contributed by atoms with Crippen molar-refractivity contribution in [3.63, 3.8) is 0 Å². The molecular weight excluding hydrogens is 124 g/mol. The van der Waals surface area contributed by atoms with Crippen molar-refractivity contribution in [2.24, 2.45) is 4.99 Å². The van der Waals surface area contributed by atoms with E-state index in [1.54, 1.807) is 0 Å². The van der Waals surface area contributed by atoms with Gasteiger partial charge in [0.25, 0.3) is 0 Å². The summed E-state index contributed by atoms with van der Waals surface area (Å²) >= 11 is 0. The first-order valence-corrected chi connectivity index (χ1v) is 4.19. The molecule has 62 valence electrons. The van der Waals surface area contributed by atoms with Crippen LogP contribution in [-0.2, 0) is 0 Å². The van der Waals surface area contributed by atoms with Gasteiger partial charge in [-0.3, -0.25) is 4.99 Å². The Morgan fingerprint density at radius 3 is 1.90 bits per heavy atom. The fourth-order valence-corrected chi connectivity index (χ4v) is 0.466. The molecule has 1 N–H and O–H groups in total. The van der Waals surface area contributed by atoms with Gasteiger partial charge in [-0.15, -0.1) is 0 Å². The van der Waals surface area contributed by atoms with Crippen LogP contribution in [0.1, 0.15) is 27.7 Å². The maximum atomic E-state index is 3.99. The van der Waals surface area contributed by atoms with Gasteiger partial charge in [0, 0.05) is 19.3 Å². The molecule has 1 aliphatic heterocycles. The second-order valence-corrected chi connectivity index (χ2v) is 1.29. The number of nitrogens with zero attached hydrogens (tertiary/aromatic N) is 1. The molecule has 2 heteroatoms. The highest BCUT2D eigenvalue weighted by atomic mass is 14.9. The van der Waals surface area contributed by atoms with Crippen molar-refractivity contribution in [2.75, 3.05) is 19.6 Å². The van der Waals surface area contributed by atoms with E-state index in [4.69, 9.17) is 0 Å². The summed E-state index contributed by atoms with van der Waals surface area (Å²) in [5, 5.41) is 3.14. The number of hydrogen-bond donors (Lipinski definition) is 1. The molecule has 0 amide bonds. The zero-order valence-electron chi connectivity index (χ0n) is 7.65. The molecule has 0 unspecified atom stereocenters. The average Bonchev–Trinajstić information content (AvgIpc) is 2.14. The Labute approximate surface area is 64.7 Å². The largest absolute Gasteiger partial charge is 0.310 e. The van der Waals surface area contributed by atoms with Crippen LogP contribution < -0.4 is 5.32 Å². The molecule has 0 atom stereocenters. The summed E-state index contributed by atoms with van der Waals surface area (Å²) in [7, 11) is 0. The molecule has 0 spiro atoms. The smallest absolute Gasteiger partial charge is 0.0511 e. The van der Waals surface area contributed by atoms with Gasteiger partial charge in [0.05, 0.1) is 6.54 Å². The average molecular weight is 144 g/mol. The summed E-state index contributed by atoms with van der Waals surface area (Å²) in [5.41, 5.74) is 0. The van der Waals surface area contributed by atoms with E-state index in [9.17, 15) is 0 Å². The number of rotatable bonds is 0. The van der Waals surface area contributed by atoms with Gasteiger partial charge >= 0.3 is 0 Å². The molecular formula is C8H20N2. The van der Waals surface area contributed by atoms with Crippen LogP contribution in [-0.4, -0.2) is 25.8 Å². The molecule has 0 aromatic heterocycles. The van der Waals surface area contributed by atoms with Crippen LogP contribution in [0.3, 0.4) is 0 Å². The van der Waals surface area contributed by atoms with Crippen molar-refractivity contribution >= 4 is 6.21 Å². The Hall–Kier alpha value is -0.370. The van der Waals surface area contributed by atoms with E-state index in [1.165, 1.54) is 0 Å². The van der Waals surface area contributed by atoms with Crippen LogP contribution in [0.2, 0.25) is 0 Å². The molecule has 0 aliphatic carbocycles. The summed E-state index contributed by atoms with van der Waals surface area (Å²) in [5.74, 6) is 0. The van der Waals surface area contributed by atoms with Crippen molar-refractivity contribution in [3.8, 4) is 0 Å². The van der Waals surface area contributed by atoms with E-state index in [0.29, 0.717) is 0 Å². The quantitative estimate of drug-likeness (QED) is 0.550. The Bertz CT molecular complexity index is 52.3. The van der Waals surface area contributed by atoms with Crippen molar-refractivity contribution in [1.82, 2.24) is 5.32 Å². The van der Waals surface area contributed by atoms with Gasteiger partial charge in [-0.2, -0.15) is 0 Å².